The molecule has 1 aliphatic heterocycles. The molecule has 1 unspecified atom stereocenters. The van der Waals surface area contributed by atoms with Crippen molar-refractivity contribution in [3.8, 4) is 0 Å². The Morgan fingerprint density at radius 2 is 1.95 bits per heavy atom. The van der Waals surface area contributed by atoms with Crippen molar-refractivity contribution in [3.05, 3.63) is 0 Å². The second-order valence-electron chi connectivity index (χ2n) is 5.17. The zero-order chi connectivity index (χ0) is 14.3. The minimum Gasteiger partial charge on any atom is -0.369 e. The molecule has 0 radical (unpaired) electrons. The van der Waals surface area contributed by atoms with E-state index in [0.29, 0.717) is 19.6 Å². The van der Waals surface area contributed by atoms with Crippen molar-refractivity contribution in [2.75, 3.05) is 32.7 Å². The first kappa shape index (κ1) is 15.9. The van der Waals surface area contributed by atoms with Crippen LogP contribution >= 0.6 is 0 Å². The number of hydrogen-bond acceptors (Lipinski definition) is 4. The van der Waals surface area contributed by atoms with E-state index >= 15 is 0 Å². The Balaban J connectivity index is 2.43. The van der Waals surface area contributed by atoms with Crippen LogP contribution in [0.3, 0.4) is 0 Å². The summed E-state index contributed by atoms with van der Waals surface area (Å²) in [6.07, 6.45) is 3.64. The second kappa shape index (κ2) is 8.12. The van der Waals surface area contributed by atoms with Gasteiger partial charge in [-0.2, -0.15) is 0 Å². The van der Waals surface area contributed by atoms with Gasteiger partial charge in [-0.25, -0.2) is 0 Å². The lowest BCUT2D eigenvalue weighted by Crippen LogP contribution is -2.45. The van der Waals surface area contributed by atoms with Crippen LogP contribution in [-0.2, 0) is 9.59 Å². The smallest absolute Gasteiger partial charge is 0.239 e. The molecule has 6 heteroatoms. The molecule has 1 rings (SSSR count). The van der Waals surface area contributed by atoms with E-state index in [0.717, 1.165) is 32.2 Å². The molecule has 0 bridgehead atoms. The Morgan fingerprint density at radius 3 is 2.58 bits per heavy atom. The van der Waals surface area contributed by atoms with Crippen LogP contribution in [0.1, 0.15) is 32.6 Å². The lowest BCUT2D eigenvalue weighted by molar-refractivity contribution is -0.132. The SMILES string of the molecule is CCCCC(N)C(=O)N1CCCN(CC(N)=O)CC1. The van der Waals surface area contributed by atoms with Crippen LogP contribution in [0, 0.1) is 0 Å². The first-order chi connectivity index (χ1) is 9.04. The monoisotopic (exact) mass is 270 g/mol. The van der Waals surface area contributed by atoms with Gasteiger partial charge in [0.25, 0.3) is 0 Å². The van der Waals surface area contributed by atoms with Crippen molar-refractivity contribution in [2.24, 2.45) is 11.5 Å². The Kier molecular flexibility index (Phi) is 6.80. The van der Waals surface area contributed by atoms with Gasteiger partial charge in [-0.1, -0.05) is 19.8 Å². The third kappa shape index (κ3) is 5.57. The topological polar surface area (TPSA) is 92.7 Å². The molecule has 1 saturated heterocycles. The molecule has 4 N–H and O–H groups in total. The molecular formula is C13H26N4O2. The van der Waals surface area contributed by atoms with Crippen molar-refractivity contribution in [1.82, 2.24) is 9.80 Å². The highest BCUT2D eigenvalue weighted by Crippen LogP contribution is 2.07. The van der Waals surface area contributed by atoms with Gasteiger partial charge in [0.2, 0.25) is 11.8 Å². The average Bonchev–Trinajstić information content (AvgIpc) is 2.60. The fourth-order valence-corrected chi connectivity index (χ4v) is 2.35. The van der Waals surface area contributed by atoms with E-state index in [-0.39, 0.29) is 24.4 Å². The van der Waals surface area contributed by atoms with Crippen molar-refractivity contribution < 1.29 is 9.59 Å². The number of amides is 2. The molecule has 0 aliphatic carbocycles. The fourth-order valence-electron chi connectivity index (χ4n) is 2.35. The number of rotatable bonds is 6. The van der Waals surface area contributed by atoms with Gasteiger partial charge in [0.15, 0.2) is 0 Å². The molecule has 1 heterocycles. The number of carbonyl (C=O) groups excluding carboxylic acids is 2. The molecule has 0 spiro atoms. The second-order valence-corrected chi connectivity index (χ2v) is 5.17. The third-order valence-electron chi connectivity index (χ3n) is 3.47. The van der Waals surface area contributed by atoms with Crippen molar-refractivity contribution in [3.63, 3.8) is 0 Å². The Morgan fingerprint density at radius 1 is 1.21 bits per heavy atom. The van der Waals surface area contributed by atoms with Crippen LogP contribution in [0.4, 0.5) is 0 Å². The number of carbonyl (C=O) groups is 2. The van der Waals surface area contributed by atoms with Crippen molar-refractivity contribution >= 4 is 11.8 Å². The van der Waals surface area contributed by atoms with Crippen LogP contribution in [0.25, 0.3) is 0 Å². The number of unbranched alkanes of at least 4 members (excludes halogenated alkanes) is 1. The Hall–Kier alpha value is -1.14. The zero-order valence-electron chi connectivity index (χ0n) is 11.8. The normalized spacial score (nSPS) is 18.9. The van der Waals surface area contributed by atoms with E-state index in [2.05, 4.69) is 6.92 Å². The number of hydrogen-bond donors (Lipinski definition) is 2. The van der Waals surface area contributed by atoms with E-state index < -0.39 is 0 Å². The summed E-state index contributed by atoms with van der Waals surface area (Å²) in [6.45, 7) is 5.20. The molecule has 1 fully saturated rings. The maximum absolute atomic E-state index is 12.2. The van der Waals surface area contributed by atoms with Gasteiger partial charge in [0.05, 0.1) is 12.6 Å². The molecule has 0 aromatic carbocycles. The van der Waals surface area contributed by atoms with Gasteiger partial charge in [-0.05, 0) is 12.8 Å². The standard InChI is InChI=1S/C13H26N4O2/c1-2-3-5-11(14)13(19)17-7-4-6-16(8-9-17)10-12(15)18/h11H,2-10,14H2,1H3,(H2,15,18). The summed E-state index contributed by atoms with van der Waals surface area (Å²) in [4.78, 5) is 26.9. The Labute approximate surface area is 115 Å². The van der Waals surface area contributed by atoms with Crippen LogP contribution in [0.5, 0.6) is 0 Å². The molecule has 6 nitrogen and oxygen atoms in total. The quantitative estimate of drug-likeness (QED) is 0.682. The van der Waals surface area contributed by atoms with E-state index in [4.69, 9.17) is 11.5 Å². The first-order valence-corrected chi connectivity index (χ1v) is 7.09. The van der Waals surface area contributed by atoms with Crippen LogP contribution < -0.4 is 11.5 Å². The van der Waals surface area contributed by atoms with Crippen LogP contribution in [0.2, 0.25) is 0 Å². The number of nitrogens with zero attached hydrogens (tertiary/aromatic N) is 2. The van der Waals surface area contributed by atoms with Gasteiger partial charge >= 0.3 is 0 Å². The zero-order valence-corrected chi connectivity index (χ0v) is 11.8. The summed E-state index contributed by atoms with van der Waals surface area (Å²) in [5, 5.41) is 0. The third-order valence-corrected chi connectivity index (χ3v) is 3.47. The van der Waals surface area contributed by atoms with Gasteiger partial charge in [0, 0.05) is 26.2 Å². The molecular weight excluding hydrogens is 244 g/mol. The maximum atomic E-state index is 12.2. The van der Waals surface area contributed by atoms with Gasteiger partial charge in [0.1, 0.15) is 0 Å². The maximum Gasteiger partial charge on any atom is 0.239 e. The largest absolute Gasteiger partial charge is 0.369 e. The van der Waals surface area contributed by atoms with Gasteiger partial charge < -0.3 is 16.4 Å². The van der Waals surface area contributed by atoms with Crippen LogP contribution in [0.15, 0.2) is 0 Å². The summed E-state index contributed by atoms with van der Waals surface area (Å²) < 4.78 is 0. The highest BCUT2D eigenvalue weighted by atomic mass is 16.2. The van der Waals surface area contributed by atoms with Crippen molar-refractivity contribution in [1.29, 1.82) is 0 Å². The van der Waals surface area contributed by atoms with Gasteiger partial charge in [-0.3, -0.25) is 14.5 Å². The molecule has 1 aliphatic rings. The number of nitrogens with two attached hydrogens (primary N) is 2. The molecule has 0 aromatic heterocycles. The van der Waals surface area contributed by atoms with E-state index in [9.17, 15) is 9.59 Å². The molecule has 2 amide bonds. The minimum absolute atomic E-state index is 0.0365. The lowest BCUT2D eigenvalue weighted by Gasteiger charge is -2.24. The minimum atomic E-state index is -0.386. The highest BCUT2D eigenvalue weighted by Gasteiger charge is 2.23. The van der Waals surface area contributed by atoms with Crippen molar-refractivity contribution in [2.45, 2.75) is 38.6 Å². The van der Waals surface area contributed by atoms with E-state index in [1.807, 2.05) is 9.80 Å². The molecule has 0 aromatic rings. The lowest BCUT2D eigenvalue weighted by atomic mass is 10.1. The molecule has 110 valence electrons. The predicted octanol–water partition coefficient (Wildman–Crippen LogP) is -0.476. The molecule has 1 atom stereocenters. The summed E-state index contributed by atoms with van der Waals surface area (Å²) in [5.41, 5.74) is 11.1. The summed E-state index contributed by atoms with van der Waals surface area (Å²) in [6, 6.07) is -0.386. The fraction of sp³-hybridized carbons (Fsp3) is 0.846. The summed E-state index contributed by atoms with van der Waals surface area (Å²) >= 11 is 0. The molecule has 0 saturated carbocycles. The van der Waals surface area contributed by atoms with Gasteiger partial charge in [-0.15, -0.1) is 0 Å². The average molecular weight is 270 g/mol. The Bertz CT molecular complexity index is 309. The number of primary amides is 1. The predicted molar refractivity (Wildman–Crippen MR) is 74.3 cm³/mol. The summed E-state index contributed by atoms with van der Waals surface area (Å²) in [5.74, 6) is -0.284. The van der Waals surface area contributed by atoms with Crippen LogP contribution in [-0.4, -0.2) is 60.4 Å². The highest BCUT2D eigenvalue weighted by molar-refractivity contribution is 5.81. The molecule has 19 heavy (non-hydrogen) atoms. The van der Waals surface area contributed by atoms with E-state index in [1.54, 1.807) is 0 Å². The van der Waals surface area contributed by atoms with E-state index in [1.165, 1.54) is 0 Å². The first-order valence-electron chi connectivity index (χ1n) is 7.09. The summed E-state index contributed by atoms with van der Waals surface area (Å²) in [7, 11) is 0.